The molecule has 21 heavy (non-hydrogen) atoms. The summed E-state index contributed by atoms with van der Waals surface area (Å²) < 4.78 is 0. The molecular formula is C18H26N2S. The fourth-order valence-electron chi connectivity index (χ4n) is 2.24. The molecule has 0 saturated carbocycles. The van der Waals surface area contributed by atoms with Crippen LogP contribution in [0.2, 0.25) is 0 Å². The molecule has 0 aliphatic carbocycles. The van der Waals surface area contributed by atoms with E-state index in [0.29, 0.717) is 0 Å². The molecule has 114 valence electrons. The molecule has 1 aromatic carbocycles. The van der Waals surface area contributed by atoms with Gasteiger partial charge in [0.15, 0.2) is 0 Å². The Hall–Kier alpha value is -1.19. The minimum Gasteiger partial charge on any atom is -0.313 e. The average molecular weight is 302 g/mol. The Labute approximate surface area is 132 Å². The maximum Gasteiger partial charge on any atom is 0.0972 e. The van der Waals surface area contributed by atoms with Crippen molar-refractivity contribution >= 4 is 11.3 Å². The summed E-state index contributed by atoms with van der Waals surface area (Å²) in [5, 5.41) is 6.78. The van der Waals surface area contributed by atoms with Gasteiger partial charge in [-0.05, 0) is 30.2 Å². The van der Waals surface area contributed by atoms with Crippen LogP contribution in [0.25, 0.3) is 0 Å². The lowest BCUT2D eigenvalue weighted by Crippen LogP contribution is -2.12. The molecule has 0 atom stereocenters. The summed E-state index contributed by atoms with van der Waals surface area (Å²) >= 11 is 1.77. The van der Waals surface area contributed by atoms with Crippen molar-refractivity contribution < 1.29 is 0 Å². The van der Waals surface area contributed by atoms with E-state index >= 15 is 0 Å². The van der Waals surface area contributed by atoms with Crippen molar-refractivity contribution in [1.29, 1.82) is 0 Å². The Morgan fingerprint density at radius 1 is 1.24 bits per heavy atom. The Kier molecular flexibility index (Phi) is 5.17. The van der Waals surface area contributed by atoms with Gasteiger partial charge in [-0.1, -0.05) is 45.9 Å². The fourth-order valence-corrected chi connectivity index (χ4v) is 3.28. The van der Waals surface area contributed by atoms with Gasteiger partial charge >= 0.3 is 0 Å². The maximum atomic E-state index is 4.80. The molecule has 1 N–H and O–H groups in total. The summed E-state index contributed by atoms with van der Waals surface area (Å²) in [6.45, 7) is 12.9. The average Bonchev–Trinajstić information content (AvgIpc) is 2.88. The molecule has 0 aliphatic rings. The summed E-state index contributed by atoms with van der Waals surface area (Å²) in [6.07, 6.45) is 0.939. The Morgan fingerprint density at radius 3 is 2.57 bits per heavy atom. The second-order valence-electron chi connectivity index (χ2n) is 6.59. The van der Waals surface area contributed by atoms with Gasteiger partial charge in [0.1, 0.15) is 0 Å². The summed E-state index contributed by atoms with van der Waals surface area (Å²) in [5.41, 5.74) is 5.43. The highest BCUT2D eigenvalue weighted by Gasteiger charge is 2.17. The van der Waals surface area contributed by atoms with Gasteiger partial charge in [-0.15, -0.1) is 11.3 Å². The van der Waals surface area contributed by atoms with Crippen LogP contribution in [0.5, 0.6) is 0 Å². The predicted octanol–water partition coefficient (Wildman–Crippen LogP) is 4.45. The molecule has 0 bridgehead atoms. The van der Waals surface area contributed by atoms with Gasteiger partial charge in [0, 0.05) is 23.8 Å². The van der Waals surface area contributed by atoms with E-state index < -0.39 is 0 Å². The van der Waals surface area contributed by atoms with Crippen LogP contribution in [0.1, 0.15) is 55.1 Å². The van der Waals surface area contributed by atoms with Gasteiger partial charge in [0.05, 0.1) is 10.7 Å². The lowest BCUT2D eigenvalue weighted by atomic mass is 9.93. The van der Waals surface area contributed by atoms with Crippen LogP contribution in [-0.2, 0) is 18.4 Å². The summed E-state index contributed by atoms with van der Waals surface area (Å²) in [7, 11) is 0. The number of benzene rings is 1. The van der Waals surface area contributed by atoms with E-state index in [-0.39, 0.29) is 5.41 Å². The van der Waals surface area contributed by atoms with E-state index in [0.717, 1.165) is 19.5 Å². The molecule has 0 fully saturated rings. The zero-order valence-electron chi connectivity index (χ0n) is 13.8. The van der Waals surface area contributed by atoms with Gasteiger partial charge in [-0.25, -0.2) is 4.98 Å². The van der Waals surface area contributed by atoms with Gasteiger partial charge in [0.25, 0.3) is 0 Å². The third-order valence-electron chi connectivity index (χ3n) is 3.65. The first kappa shape index (κ1) is 16.2. The molecule has 0 aliphatic heterocycles. The highest BCUT2D eigenvalue weighted by atomic mass is 32.1. The minimum atomic E-state index is 0.138. The summed E-state index contributed by atoms with van der Waals surface area (Å²) in [6, 6.07) is 6.76. The standard InChI is InChI=1S/C18H26N2S/c1-6-19-11-14-7-8-15(13(2)9-14)10-17-20-16(12-21-17)18(3,4)5/h7-9,12,19H,6,10-11H2,1-5H3. The molecule has 2 rings (SSSR count). The topological polar surface area (TPSA) is 24.9 Å². The first-order valence-corrected chi connectivity index (χ1v) is 8.52. The van der Waals surface area contributed by atoms with E-state index in [1.165, 1.54) is 27.4 Å². The molecule has 2 aromatic rings. The van der Waals surface area contributed by atoms with Gasteiger partial charge in [0.2, 0.25) is 0 Å². The van der Waals surface area contributed by atoms with Crippen molar-refractivity contribution in [3.8, 4) is 0 Å². The first-order chi connectivity index (χ1) is 9.90. The quantitative estimate of drug-likeness (QED) is 0.882. The highest BCUT2D eigenvalue weighted by molar-refractivity contribution is 7.09. The number of nitrogens with one attached hydrogen (secondary N) is 1. The molecule has 0 radical (unpaired) electrons. The monoisotopic (exact) mass is 302 g/mol. The molecule has 3 heteroatoms. The van der Waals surface area contributed by atoms with E-state index in [1.54, 1.807) is 11.3 Å². The van der Waals surface area contributed by atoms with E-state index in [2.05, 4.69) is 63.5 Å². The predicted molar refractivity (Wildman–Crippen MR) is 92.2 cm³/mol. The van der Waals surface area contributed by atoms with Crippen molar-refractivity contribution in [2.75, 3.05) is 6.54 Å². The molecule has 1 aromatic heterocycles. The molecule has 0 amide bonds. The lowest BCUT2D eigenvalue weighted by Gasteiger charge is -2.14. The van der Waals surface area contributed by atoms with Crippen LogP contribution in [-0.4, -0.2) is 11.5 Å². The number of aryl methyl sites for hydroxylation is 1. The molecular weight excluding hydrogens is 276 g/mol. The Bertz CT molecular complexity index is 594. The van der Waals surface area contributed by atoms with Crippen LogP contribution in [0.4, 0.5) is 0 Å². The smallest absolute Gasteiger partial charge is 0.0972 e. The SMILES string of the molecule is CCNCc1ccc(Cc2nc(C(C)(C)C)cs2)c(C)c1. The van der Waals surface area contributed by atoms with Crippen LogP contribution < -0.4 is 5.32 Å². The summed E-state index contributed by atoms with van der Waals surface area (Å²) in [5.74, 6) is 0. The maximum absolute atomic E-state index is 4.80. The van der Waals surface area contributed by atoms with Crippen molar-refractivity contribution in [3.63, 3.8) is 0 Å². The van der Waals surface area contributed by atoms with Crippen LogP contribution in [0, 0.1) is 6.92 Å². The summed E-state index contributed by atoms with van der Waals surface area (Å²) in [4.78, 5) is 4.80. The number of rotatable bonds is 5. The molecule has 0 unspecified atom stereocenters. The van der Waals surface area contributed by atoms with Crippen LogP contribution in [0.15, 0.2) is 23.6 Å². The van der Waals surface area contributed by atoms with Crippen molar-refractivity contribution in [2.45, 2.75) is 53.0 Å². The number of nitrogens with zero attached hydrogens (tertiary/aromatic N) is 1. The largest absolute Gasteiger partial charge is 0.313 e. The molecule has 0 saturated heterocycles. The molecule has 2 nitrogen and oxygen atoms in total. The lowest BCUT2D eigenvalue weighted by molar-refractivity contribution is 0.571. The van der Waals surface area contributed by atoms with Crippen LogP contribution >= 0.6 is 11.3 Å². The Morgan fingerprint density at radius 2 is 2.00 bits per heavy atom. The van der Waals surface area contributed by atoms with Crippen LogP contribution in [0.3, 0.4) is 0 Å². The molecule has 0 spiro atoms. The highest BCUT2D eigenvalue weighted by Crippen LogP contribution is 2.25. The first-order valence-electron chi connectivity index (χ1n) is 7.64. The normalized spacial score (nSPS) is 11.9. The number of hydrogen-bond acceptors (Lipinski definition) is 3. The minimum absolute atomic E-state index is 0.138. The van der Waals surface area contributed by atoms with Crippen molar-refractivity contribution in [1.82, 2.24) is 10.3 Å². The van der Waals surface area contributed by atoms with Gasteiger partial charge in [-0.2, -0.15) is 0 Å². The number of thiazole rings is 1. The second kappa shape index (κ2) is 6.71. The van der Waals surface area contributed by atoms with E-state index in [1.807, 2.05) is 0 Å². The molecule has 1 heterocycles. The fraction of sp³-hybridized carbons (Fsp3) is 0.500. The zero-order valence-corrected chi connectivity index (χ0v) is 14.6. The van der Waals surface area contributed by atoms with E-state index in [4.69, 9.17) is 4.98 Å². The van der Waals surface area contributed by atoms with Crippen molar-refractivity contribution in [3.05, 3.63) is 51.0 Å². The van der Waals surface area contributed by atoms with Crippen molar-refractivity contribution in [2.24, 2.45) is 0 Å². The Balaban J connectivity index is 2.11. The second-order valence-corrected chi connectivity index (χ2v) is 7.54. The third kappa shape index (κ3) is 4.39. The zero-order chi connectivity index (χ0) is 15.5. The third-order valence-corrected chi connectivity index (χ3v) is 4.50. The van der Waals surface area contributed by atoms with Gasteiger partial charge < -0.3 is 5.32 Å². The van der Waals surface area contributed by atoms with Gasteiger partial charge in [-0.3, -0.25) is 0 Å². The van der Waals surface area contributed by atoms with E-state index in [9.17, 15) is 0 Å². The number of hydrogen-bond donors (Lipinski definition) is 1. The number of aromatic nitrogens is 1.